The highest BCUT2D eigenvalue weighted by molar-refractivity contribution is 6.04. The van der Waals surface area contributed by atoms with E-state index in [0.29, 0.717) is 23.8 Å². The third-order valence-corrected chi connectivity index (χ3v) is 2.89. The van der Waals surface area contributed by atoms with Gasteiger partial charge >= 0.3 is 0 Å². The van der Waals surface area contributed by atoms with Crippen molar-refractivity contribution in [3.05, 3.63) is 42.2 Å². The van der Waals surface area contributed by atoms with Crippen LogP contribution in [0.2, 0.25) is 0 Å². The molecule has 8 heteroatoms. The first-order chi connectivity index (χ1) is 10.3. The van der Waals surface area contributed by atoms with Gasteiger partial charge in [0.1, 0.15) is 6.26 Å². The van der Waals surface area contributed by atoms with E-state index < -0.39 is 0 Å². The second-order valence-corrected chi connectivity index (χ2v) is 4.24. The number of benzene rings is 1. The fourth-order valence-corrected chi connectivity index (χ4v) is 1.89. The van der Waals surface area contributed by atoms with E-state index in [2.05, 4.69) is 30.5 Å². The van der Waals surface area contributed by atoms with Crippen LogP contribution in [0.3, 0.4) is 0 Å². The SMILES string of the molecule is CCn1nnnc1-c1cccc(C(=O)Nc2ccon2)c1. The molecule has 0 spiro atoms. The maximum absolute atomic E-state index is 12.1. The van der Waals surface area contributed by atoms with E-state index in [1.807, 2.05) is 13.0 Å². The number of anilines is 1. The lowest BCUT2D eigenvalue weighted by molar-refractivity contribution is 0.102. The molecular formula is C13H12N6O2. The normalized spacial score (nSPS) is 10.5. The van der Waals surface area contributed by atoms with E-state index >= 15 is 0 Å². The van der Waals surface area contributed by atoms with Crippen molar-refractivity contribution in [2.75, 3.05) is 5.32 Å². The Morgan fingerprint density at radius 1 is 1.38 bits per heavy atom. The van der Waals surface area contributed by atoms with Crippen molar-refractivity contribution in [2.24, 2.45) is 0 Å². The van der Waals surface area contributed by atoms with Crippen LogP contribution in [0, 0.1) is 0 Å². The summed E-state index contributed by atoms with van der Waals surface area (Å²) in [4.78, 5) is 12.1. The third kappa shape index (κ3) is 2.64. The summed E-state index contributed by atoms with van der Waals surface area (Å²) in [6, 6.07) is 8.64. The third-order valence-electron chi connectivity index (χ3n) is 2.89. The number of carbonyl (C=O) groups excluding carboxylic acids is 1. The van der Waals surface area contributed by atoms with Crippen molar-refractivity contribution in [3.8, 4) is 11.4 Å². The molecular weight excluding hydrogens is 272 g/mol. The highest BCUT2D eigenvalue weighted by Crippen LogP contribution is 2.18. The van der Waals surface area contributed by atoms with Crippen molar-refractivity contribution in [2.45, 2.75) is 13.5 Å². The van der Waals surface area contributed by atoms with Crippen LogP contribution in [-0.4, -0.2) is 31.3 Å². The Hall–Kier alpha value is -3.03. The molecule has 8 nitrogen and oxygen atoms in total. The van der Waals surface area contributed by atoms with Crippen LogP contribution in [-0.2, 0) is 6.54 Å². The van der Waals surface area contributed by atoms with Gasteiger partial charge in [-0.05, 0) is 29.5 Å². The largest absolute Gasteiger partial charge is 0.363 e. The molecule has 1 amide bonds. The van der Waals surface area contributed by atoms with Gasteiger partial charge in [0, 0.05) is 23.7 Å². The maximum Gasteiger partial charge on any atom is 0.256 e. The second-order valence-electron chi connectivity index (χ2n) is 4.24. The topological polar surface area (TPSA) is 98.7 Å². The fourth-order valence-electron chi connectivity index (χ4n) is 1.89. The Morgan fingerprint density at radius 3 is 3.05 bits per heavy atom. The number of rotatable bonds is 4. The van der Waals surface area contributed by atoms with Crippen LogP contribution < -0.4 is 5.32 Å². The highest BCUT2D eigenvalue weighted by Gasteiger charge is 2.12. The fraction of sp³-hybridized carbons (Fsp3) is 0.154. The molecule has 21 heavy (non-hydrogen) atoms. The van der Waals surface area contributed by atoms with Gasteiger partial charge < -0.3 is 9.84 Å². The Kier molecular flexibility index (Phi) is 3.42. The minimum absolute atomic E-state index is 0.277. The number of hydrogen-bond acceptors (Lipinski definition) is 6. The van der Waals surface area contributed by atoms with Crippen LogP contribution in [0.4, 0.5) is 5.82 Å². The number of aromatic nitrogens is 5. The average Bonchev–Trinajstić information content (AvgIpc) is 3.18. The molecule has 0 atom stereocenters. The minimum Gasteiger partial charge on any atom is -0.363 e. The number of hydrogen-bond donors (Lipinski definition) is 1. The molecule has 106 valence electrons. The predicted molar refractivity (Wildman–Crippen MR) is 73.4 cm³/mol. The van der Waals surface area contributed by atoms with E-state index in [4.69, 9.17) is 0 Å². The summed E-state index contributed by atoms with van der Waals surface area (Å²) in [5.41, 5.74) is 1.26. The van der Waals surface area contributed by atoms with E-state index in [-0.39, 0.29) is 5.91 Å². The van der Waals surface area contributed by atoms with E-state index in [0.717, 1.165) is 5.56 Å². The summed E-state index contributed by atoms with van der Waals surface area (Å²) in [5, 5.41) is 17.8. The van der Waals surface area contributed by atoms with Gasteiger partial charge in [-0.1, -0.05) is 17.3 Å². The number of amides is 1. The van der Waals surface area contributed by atoms with Gasteiger partial charge in [-0.25, -0.2) is 4.68 Å². The number of tetrazole rings is 1. The van der Waals surface area contributed by atoms with E-state index in [1.165, 1.54) is 6.26 Å². The Bertz CT molecular complexity index is 750. The Morgan fingerprint density at radius 2 is 2.29 bits per heavy atom. The molecule has 0 saturated carbocycles. The van der Waals surface area contributed by atoms with E-state index in [9.17, 15) is 4.79 Å². The molecule has 1 aromatic carbocycles. The molecule has 1 N–H and O–H groups in total. The first kappa shape index (κ1) is 13.0. The molecule has 2 heterocycles. The first-order valence-electron chi connectivity index (χ1n) is 6.36. The van der Waals surface area contributed by atoms with Crippen LogP contribution >= 0.6 is 0 Å². The van der Waals surface area contributed by atoms with Crippen LogP contribution in [0.1, 0.15) is 17.3 Å². The number of nitrogens with zero attached hydrogens (tertiary/aromatic N) is 5. The molecule has 0 radical (unpaired) electrons. The molecule has 2 aromatic heterocycles. The lowest BCUT2D eigenvalue weighted by Gasteiger charge is -2.05. The number of nitrogens with one attached hydrogen (secondary N) is 1. The molecule has 0 aliphatic heterocycles. The zero-order valence-electron chi connectivity index (χ0n) is 11.2. The lowest BCUT2D eigenvalue weighted by atomic mass is 10.1. The van der Waals surface area contributed by atoms with Gasteiger partial charge in [0.25, 0.3) is 5.91 Å². The predicted octanol–water partition coefficient (Wildman–Crippen LogP) is 1.60. The first-order valence-corrected chi connectivity index (χ1v) is 6.36. The number of aryl methyl sites for hydroxylation is 1. The molecule has 0 aliphatic carbocycles. The molecule has 0 bridgehead atoms. The summed E-state index contributed by atoms with van der Waals surface area (Å²) >= 11 is 0. The average molecular weight is 284 g/mol. The van der Waals surface area contributed by atoms with Crippen LogP contribution in [0.25, 0.3) is 11.4 Å². The minimum atomic E-state index is -0.277. The van der Waals surface area contributed by atoms with Gasteiger partial charge in [-0.2, -0.15) is 0 Å². The van der Waals surface area contributed by atoms with Crippen molar-refractivity contribution >= 4 is 11.7 Å². The summed E-state index contributed by atoms with van der Waals surface area (Å²) < 4.78 is 6.33. The lowest BCUT2D eigenvalue weighted by Crippen LogP contribution is -2.12. The van der Waals surface area contributed by atoms with Gasteiger partial charge in [0.2, 0.25) is 0 Å². The zero-order chi connectivity index (χ0) is 14.7. The van der Waals surface area contributed by atoms with Crippen molar-refractivity contribution in [1.29, 1.82) is 0 Å². The zero-order valence-corrected chi connectivity index (χ0v) is 11.2. The standard InChI is InChI=1S/C13H12N6O2/c1-2-19-12(15-17-18-19)9-4-3-5-10(8-9)13(20)14-11-6-7-21-16-11/h3-8H,2H2,1H3,(H,14,16,20). The molecule has 0 fully saturated rings. The van der Waals surface area contributed by atoms with Gasteiger partial charge in [-0.3, -0.25) is 4.79 Å². The summed E-state index contributed by atoms with van der Waals surface area (Å²) in [7, 11) is 0. The van der Waals surface area contributed by atoms with Crippen molar-refractivity contribution in [3.63, 3.8) is 0 Å². The molecule has 0 unspecified atom stereocenters. The number of carbonyl (C=O) groups is 1. The van der Waals surface area contributed by atoms with Crippen molar-refractivity contribution < 1.29 is 9.32 Å². The second kappa shape index (κ2) is 5.53. The van der Waals surface area contributed by atoms with Crippen LogP contribution in [0.15, 0.2) is 41.1 Å². The highest BCUT2D eigenvalue weighted by atomic mass is 16.5. The van der Waals surface area contributed by atoms with Crippen LogP contribution in [0.5, 0.6) is 0 Å². The van der Waals surface area contributed by atoms with Crippen molar-refractivity contribution in [1.82, 2.24) is 25.4 Å². The quantitative estimate of drug-likeness (QED) is 0.781. The van der Waals surface area contributed by atoms with E-state index in [1.54, 1.807) is 28.9 Å². The summed E-state index contributed by atoms with van der Waals surface area (Å²) in [6.07, 6.45) is 1.39. The summed E-state index contributed by atoms with van der Waals surface area (Å²) in [5.74, 6) is 0.707. The maximum atomic E-state index is 12.1. The molecule has 0 saturated heterocycles. The summed E-state index contributed by atoms with van der Waals surface area (Å²) in [6.45, 7) is 2.60. The van der Waals surface area contributed by atoms with Gasteiger partial charge in [0.05, 0.1) is 0 Å². The molecule has 0 aliphatic rings. The van der Waals surface area contributed by atoms with Gasteiger partial charge in [0.15, 0.2) is 11.6 Å². The Labute approximate surface area is 119 Å². The Balaban J connectivity index is 1.88. The smallest absolute Gasteiger partial charge is 0.256 e. The molecule has 3 rings (SSSR count). The van der Waals surface area contributed by atoms with Gasteiger partial charge in [-0.15, -0.1) is 5.10 Å². The molecule has 3 aromatic rings. The monoisotopic (exact) mass is 284 g/mol.